The summed E-state index contributed by atoms with van der Waals surface area (Å²) in [5, 5.41) is 14.4. The van der Waals surface area contributed by atoms with Crippen molar-refractivity contribution in [3.63, 3.8) is 0 Å². The van der Waals surface area contributed by atoms with Gasteiger partial charge < -0.3 is 5.32 Å². The summed E-state index contributed by atoms with van der Waals surface area (Å²) in [6.07, 6.45) is 5.98. The van der Waals surface area contributed by atoms with Crippen molar-refractivity contribution in [1.82, 2.24) is 0 Å². The van der Waals surface area contributed by atoms with E-state index in [-0.39, 0.29) is 5.78 Å². The number of nitrogens with one attached hydrogen (secondary N) is 1. The highest BCUT2D eigenvalue weighted by Gasteiger charge is 2.26. The van der Waals surface area contributed by atoms with Gasteiger partial charge in [-0.15, -0.1) is 11.3 Å². The lowest BCUT2D eigenvalue weighted by Crippen LogP contribution is -2.09. The highest BCUT2D eigenvalue weighted by Crippen LogP contribution is 2.40. The molecule has 0 spiro atoms. The van der Waals surface area contributed by atoms with Gasteiger partial charge in [0.1, 0.15) is 5.00 Å². The number of nitro groups is 1. The molecule has 1 N–H and O–H groups in total. The van der Waals surface area contributed by atoms with Crippen LogP contribution in [0.4, 0.5) is 5.00 Å². The SMILES string of the molecule is O=C(c1ccccc1Cl)c1c(NC=C[N+](=O)[O-])sc2c1CCCC2. The Kier molecular flexibility index (Phi) is 4.97. The molecule has 0 unspecified atom stereocenters. The molecule has 0 saturated heterocycles. The first kappa shape index (κ1) is 16.7. The van der Waals surface area contributed by atoms with E-state index in [1.807, 2.05) is 0 Å². The van der Waals surface area contributed by atoms with Crippen molar-refractivity contribution in [2.24, 2.45) is 0 Å². The summed E-state index contributed by atoms with van der Waals surface area (Å²) < 4.78 is 0. The Morgan fingerprint density at radius 3 is 2.79 bits per heavy atom. The molecule has 2 aromatic rings. The van der Waals surface area contributed by atoms with Crippen molar-refractivity contribution in [2.45, 2.75) is 25.7 Å². The first-order valence-corrected chi connectivity index (χ1v) is 8.78. The summed E-state index contributed by atoms with van der Waals surface area (Å²) in [6, 6.07) is 6.94. The molecule has 0 bridgehead atoms. The smallest absolute Gasteiger partial charge is 0.250 e. The average Bonchev–Trinajstić information content (AvgIpc) is 2.92. The molecule has 0 aliphatic heterocycles. The number of hydrogen-bond acceptors (Lipinski definition) is 5. The Labute approximate surface area is 148 Å². The first-order valence-electron chi connectivity index (χ1n) is 7.58. The molecule has 124 valence electrons. The lowest BCUT2D eigenvalue weighted by atomic mass is 9.92. The van der Waals surface area contributed by atoms with Crippen LogP contribution < -0.4 is 5.32 Å². The number of carbonyl (C=O) groups excluding carboxylic acids is 1. The van der Waals surface area contributed by atoms with Gasteiger partial charge >= 0.3 is 0 Å². The number of hydrogen-bond donors (Lipinski definition) is 1. The van der Waals surface area contributed by atoms with Crippen LogP contribution in [-0.4, -0.2) is 10.7 Å². The summed E-state index contributed by atoms with van der Waals surface area (Å²) in [7, 11) is 0. The number of fused-ring (bicyclic) bond motifs is 1. The molecule has 1 aromatic heterocycles. The third-order valence-corrected chi connectivity index (χ3v) is 5.48. The van der Waals surface area contributed by atoms with E-state index in [0.717, 1.165) is 37.4 Å². The maximum atomic E-state index is 13.0. The van der Waals surface area contributed by atoms with Crippen molar-refractivity contribution in [2.75, 3.05) is 5.32 Å². The Morgan fingerprint density at radius 2 is 2.04 bits per heavy atom. The fourth-order valence-corrected chi connectivity index (χ4v) is 4.35. The Morgan fingerprint density at radius 1 is 1.29 bits per heavy atom. The van der Waals surface area contributed by atoms with Crippen molar-refractivity contribution in [3.05, 3.63) is 73.4 Å². The number of aryl methyl sites for hydroxylation is 1. The molecule has 5 nitrogen and oxygen atoms in total. The van der Waals surface area contributed by atoms with E-state index in [0.29, 0.717) is 21.2 Å². The zero-order valence-corrected chi connectivity index (χ0v) is 14.3. The van der Waals surface area contributed by atoms with E-state index in [1.54, 1.807) is 24.3 Å². The summed E-state index contributed by atoms with van der Waals surface area (Å²) >= 11 is 7.67. The van der Waals surface area contributed by atoms with Gasteiger partial charge in [0, 0.05) is 10.4 Å². The Balaban J connectivity index is 2.04. The maximum absolute atomic E-state index is 13.0. The lowest BCUT2D eigenvalue weighted by molar-refractivity contribution is -0.402. The van der Waals surface area contributed by atoms with Crippen molar-refractivity contribution in [3.8, 4) is 0 Å². The number of anilines is 1. The molecule has 1 heterocycles. The standard InChI is InChI=1S/C17H15ClN2O3S/c18-13-7-3-1-5-11(13)16(21)15-12-6-2-4-8-14(12)24-17(15)19-9-10-20(22)23/h1,3,5,7,9-10,19H,2,4,6,8H2. The number of halogens is 1. The number of rotatable bonds is 5. The highest BCUT2D eigenvalue weighted by molar-refractivity contribution is 7.16. The van der Waals surface area contributed by atoms with E-state index in [9.17, 15) is 14.9 Å². The van der Waals surface area contributed by atoms with Gasteiger partial charge in [-0.3, -0.25) is 14.9 Å². The molecule has 1 aliphatic rings. The van der Waals surface area contributed by atoms with Gasteiger partial charge in [-0.2, -0.15) is 0 Å². The normalized spacial score (nSPS) is 13.7. The second-order valence-corrected chi connectivity index (χ2v) is 6.98. The van der Waals surface area contributed by atoms with Crippen LogP contribution in [-0.2, 0) is 12.8 Å². The van der Waals surface area contributed by atoms with E-state index in [4.69, 9.17) is 11.6 Å². The van der Waals surface area contributed by atoms with Crippen LogP contribution in [0.1, 0.15) is 39.2 Å². The molecule has 0 radical (unpaired) electrons. The second kappa shape index (κ2) is 7.15. The molecular weight excluding hydrogens is 348 g/mol. The van der Waals surface area contributed by atoms with Gasteiger partial charge in [-0.25, -0.2) is 0 Å². The van der Waals surface area contributed by atoms with Gasteiger partial charge in [-0.05, 0) is 43.4 Å². The topological polar surface area (TPSA) is 72.2 Å². The van der Waals surface area contributed by atoms with E-state index in [1.165, 1.54) is 22.4 Å². The van der Waals surface area contributed by atoms with Crippen molar-refractivity contribution < 1.29 is 9.72 Å². The third kappa shape index (κ3) is 3.34. The summed E-state index contributed by atoms with van der Waals surface area (Å²) in [6.45, 7) is 0. The predicted molar refractivity (Wildman–Crippen MR) is 95.6 cm³/mol. The Hall–Kier alpha value is -2.18. The number of nitrogens with zero attached hydrogens (tertiary/aromatic N) is 1. The minimum absolute atomic E-state index is 0.142. The van der Waals surface area contributed by atoms with E-state index in [2.05, 4.69) is 5.32 Å². The van der Waals surface area contributed by atoms with Crippen molar-refractivity contribution >= 4 is 33.7 Å². The number of carbonyl (C=O) groups is 1. The molecular formula is C17H15ClN2O3S. The molecule has 0 atom stereocenters. The zero-order chi connectivity index (χ0) is 17.1. The molecule has 1 aromatic carbocycles. The van der Waals surface area contributed by atoms with Gasteiger partial charge in [0.2, 0.25) is 6.20 Å². The fraction of sp³-hybridized carbons (Fsp3) is 0.235. The third-order valence-electron chi connectivity index (χ3n) is 3.93. The van der Waals surface area contributed by atoms with Crippen LogP contribution in [0.5, 0.6) is 0 Å². The van der Waals surface area contributed by atoms with Gasteiger partial charge in [-0.1, -0.05) is 23.7 Å². The number of thiophene rings is 1. The van der Waals surface area contributed by atoms with Crippen LogP contribution >= 0.6 is 22.9 Å². The van der Waals surface area contributed by atoms with Gasteiger partial charge in [0.15, 0.2) is 5.78 Å². The van der Waals surface area contributed by atoms with Crippen molar-refractivity contribution in [1.29, 1.82) is 0 Å². The van der Waals surface area contributed by atoms with Crippen LogP contribution in [0.15, 0.2) is 36.7 Å². The van der Waals surface area contributed by atoms with Gasteiger partial charge in [0.25, 0.3) is 0 Å². The van der Waals surface area contributed by atoms with Crippen LogP contribution in [0, 0.1) is 10.1 Å². The lowest BCUT2D eigenvalue weighted by Gasteiger charge is -2.13. The zero-order valence-electron chi connectivity index (χ0n) is 12.8. The molecule has 1 aliphatic carbocycles. The Bertz CT molecular complexity index is 829. The minimum Gasteiger partial charge on any atom is -0.348 e. The molecule has 3 rings (SSSR count). The van der Waals surface area contributed by atoms with Crippen LogP contribution in [0.2, 0.25) is 5.02 Å². The van der Waals surface area contributed by atoms with Crippen LogP contribution in [0.3, 0.4) is 0 Å². The van der Waals surface area contributed by atoms with E-state index >= 15 is 0 Å². The molecule has 0 fully saturated rings. The molecule has 24 heavy (non-hydrogen) atoms. The van der Waals surface area contributed by atoms with Gasteiger partial charge in [0.05, 0.1) is 21.7 Å². The molecule has 0 amide bonds. The summed E-state index contributed by atoms with van der Waals surface area (Å²) in [4.78, 5) is 24.1. The first-order chi connectivity index (χ1) is 11.6. The molecule has 7 heteroatoms. The minimum atomic E-state index is -0.546. The van der Waals surface area contributed by atoms with Crippen LogP contribution in [0.25, 0.3) is 0 Å². The monoisotopic (exact) mass is 362 g/mol. The number of ketones is 1. The fourth-order valence-electron chi connectivity index (χ4n) is 2.86. The summed E-state index contributed by atoms with van der Waals surface area (Å²) in [5.74, 6) is -0.142. The maximum Gasteiger partial charge on any atom is 0.250 e. The number of benzene rings is 1. The largest absolute Gasteiger partial charge is 0.348 e. The second-order valence-electron chi connectivity index (χ2n) is 5.47. The molecule has 0 saturated carbocycles. The highest BCUT2D eigenvalue weighted by atomic mass is 35.5. The quantitative estimate of drug-likeness (QED) is 0.476. The predicted octanol–water partition coefficient (Wildman–Crippen LogP) is 4.67. The summed E-state index contributed by atoms with van der Waals surface area (Å²) in [5.41, 5.74) is 2.09. The average molecular weight is 363 g/mol. The van der Waals surface area contributed by atoms with E-state index < -0.39 is 4.92 Å².